The van der Waals surface area contributed by atoms with Gasteiger partial charge in [-0.1, -0.05) is 6.92 Å². The lowest BCUT2D eigenvalue weighted by Crippen LogP contribution is -2.30. The molecular formula is C9H12BrNO2. The fourth-order valence-corrected chi connectivity index (χ4v) is 1.31. The van der Waals surface area contributed by atoms with E-state index in [9.17, 15) is 4.79 Å². The SMILES string of the molecule is CC(N)C(C)C(=O)c1occc1Br. The zero-order chi connectivity index (χ0) is 10.0. The molecule has 72 valence electrons. The van der Waals surface area contributed by atoms with Gasteiger partial charge in [-0.15, -0.1) is 0 Å². The van der Waals surface area contributed by atoms with Gasteiger partial charge in [0, 0.05) is 12.0 Å². The third-order valence-corrected chi connectivity index (χ3v) is 2.67. The van der Waals surface area contributed by atoms with Crippen molar-refractivity contribution in [2.75, 3.05) is 0 Å². The Kier molecular flexibility index (Phi) is 3.27. The highest BCUT2D eigenvalue weighted by molar-refractivity contribution is 9.10. The van der Waals surface area contributed by atoms with E-state index in [1.165, 1.54) is 6.26 Å². The normalized spacial score (nSPS) is 15.4. The topological polar surface area (TPSA) is 56.2 Å². The Balaban J connectivity index is 2.86. The first-order chi connectivity index (χ1) is 6.04. The molecule has 0 amide bonds. The molecule has 2 unspecified atom stereocenters. The molecule has 0 aliphatic rings. The van der Waals surface area contributed by atoms with Crippen molar-refractivity contribution in [3.05, 3.63) is 22.6 Å². The Labute approximate surface area is 85.4 Å². The van der Waals surface area contributed by atoms with E-state index in [1.807, 2.05) is 0 Å². The number of carbonyl (C=O) groups excluding carboxylic acids is 1. The molecule has 0 saturated heterocycles. The van der Waals surface area contributed by atoms with Crippen LogP contribution in [-0.2, 0) is 0 Å². The molecule has 0 radical (unpaired) electrons. The molecule has 1 aromatic rings. The van der Waals surface area contributed by atoms with Crippen LogP contribution in [0.4, 0.5) is 0 Å². The van der Waals surface area contributed by atoms with E-state index in [-0.39, 0.29) is 17.7 Å². The van der Waals surface area contributed by atoms with Crippen LogP contribution in [0.2, 0.25) is 0 Å². The van der Waals surface area contributed by atoms with Crippen molar-refractivity contribution >= 4 is 21.7 Å². The first-order valence-corrected chi connectivity index (χ1v) is 4.86. The maximum Gasteiger partial charge on any atom is 0.203 e. The molecule has 0 spiro atoms. The van der Waals surface area contributed by atoms with Gasteiger partial charge < -0.3 is 10.2 Å². The highest BCUT2D eigenvalue weighted by atomic mass is 79.9. The molecule has 3 nitrogen and oxygen atoms in total. The summed E-state index contributed by atoms with van der Waals surface area (Å²) in [4.78, 5) is 11.7. The molecule has 1 rings (SSSR count). The van der Waals surface area contributed by atoms with Gasteiger partial charge in [0.2, 0.25) is 5.78 Å². The van der Waals surface area contributed by atoms with Crippen molar-refractivity contribution in [1.82, 2.24) is 0 Å². The van der Waals surface area contributed by atoms with Crippen LogP contribution in [0.5, 0.6) is 0 Å². The lowest BCUT2D eigenvalue weighted by atomic mass is 9.98. The van der Waals surface area contributed by atoms with E-state index in [2.05, 4.69) is 15.9 Å². The Hall–Kier alpha value is -0.610. The zero-order valence-corrected chi connectivity index (χ0v) is 9.17. The van der Waals surface area contributed by atoms with Gasteiger partial charge in [0.1, 0.15) is 0 Å². The van der Waals surface area contributed by atoms with Crippen LogP contribution < -0.4 is 5.73 Å². The van der Waals surface area contributed by atoms with Crippen molar-refractivity contribution in [3.63, 3.8) is 0 Å². The van der Waals surface area contributed by atoms with Gasteiger partial charge in [0.25, 0.3) is 0 Å². The predicted molar refractivity (Wildman–Crippen MR) is 53.6 cm³/mol. The van der Waals surface area contributed by atoms with Gasteiger partial charge in [-0.2, -0.15) is 0 Å². The predicted octanol–water partition coefficient (Wildman–Crippen LogP) is 2.21. The molecule has 0 saturated carbocycles. The lowest BCUT2D eigenvalue weighted by molar-refractivity contribution is 0.0887. The third-order valence-electron chi connectivity index (χ3n) is 2.04. The van der Waals surface area contributed by atoms with Crippen molar-refractivity contribution in [2.45, 2.75) is 19.9 Å². The number of Topliss-reactive ketones (excluding diaryl/α,β-unsaturated/α-hetero) is 1. The molecule has 2 N–H and O–H groups in total. The minimum Gasteiger partial charge on any atom is -0.460 e. The van der Waals surface area contributed by atoms with Gasteiger partial charge in [-0.05, 0) is 28.9 Å². The lowest BCUT2D eigenvalue weighted by Gasteiger charge is -2.12. The first kappa shape index (κ1) is 10.5. The van der Waals surface area contributed by atoms with Gasteiger partial charge in [0.15, 0.2) is 5.76 Å². The number of nitrogens with two attached hydrogens (primary N) is 1. The van der Waals surface area contributed by atoms with E-state index in [0.29, 0.717) is 10.2 Å². The summed E-state index contributed by atoms with van der Waals surface area (Å²) in [5, 5.41) is 0. The first-order valence-electron chi connectivity index (χ1n) is 4.06. The van der Waals surface area contributed by atoms with Crippen molar-refractivity contribution < 1.29 is 9.21 Å². The molecule has 0 aliphatic heterocycles. The van der Waals surface area contributed by atoms with Crippen LogP contribution in [0.15, 0.2) is 21.2 Å². The highest BCUT2D eigenvalue weighted by Crippen LogP contribution is 2.21. The average Bonchev–Trinajstić information content (AvgIpc) is 2.48. The van der Waals surface area contributed by atoms with Gasteiger partial charge in [-0.25, -0.2) is 0 Å². The third kappa shape index (κ3) is 2.19. The largest absolute Gasteiger partial charge is 0.460 e. The van der Waals surface area contributed by atoms with E-state index < -0.39 is 0 Å². The number of hydrogen-bond donors (Lipinski definition) is 1. The fourth-order valence-electron chi connectivity index (χ4n) is 0.915. The van der Waals surface area contributed by atoms with Crippen LogP contribution in [0.25, 0.3) is 0 Å². The second kappa shape index (κ2) is 4.07. The summed E-state index contributed by atoms with van der Waals surface area (Å²) in [7, 11) is 0. The molecule has 4 heteroatoms. The molecule has 1 aromatic heterocycles. The van der Waals surface area contributed by atoms with E-state index in [4.69, 9.17) is 10.2 Å². The van der Waals surface area contributed by atoms with Gasteiger partial charge in [-0.3, -0.25) is 4.79 Å². The number of ketones is 1. The number of carbonyl (C=O) groups is 1. The fraction of sp³-hybridized carbons (Fsp3) is 0.444. The van der Waals surface area contributed by atoms with Crippen LogP contribution in [0, 0.1) is 5.92 Å². The summed E-state index contributed by atoms with van der Waals surface area (Å²) in [6.45, 7) is 3.60. The molecular weight excluding hydrogens is 234 g/mol. The van der Waals surface area contributed by atoms with E-state index in [0.717, 1.165) is 0 Å². The van der Waals surface area contributed by atoms with Crippen LogP contribution in [0.1, 0.15) is 24.4 Å². The Morgan fingerprint density at radius 3 is 2.62 bits per heavy atom. The summed E-state index contributed by atoms with van der Waals surface area (Å²) in [6.07, 6.45) is 1.48. The monoisotopic (exact) mass is 245 g/mol. The van der Waals surface area contributed by atoms with Crippen molar-refractivity contribution in [2.24, 2.45) is 11.7 Å². The zero-order valence-electron chi connectivity index (χ0n) is 7.58. The van der Waals surface area contributed by atoms with Crippen molar-refractivity contribution in [1.29, 1.82) is 0 Å². The number of furan rings is 1. The standard InChI is InChI=1S/C9H12BrNO2/c1-5(6(2)11)8(12)9-7(10)3-4-13-9/h3-6H,11H2,1-2H3. The molecule has 2 atom stereocenters. The summed E-state index contributed by atoms with van der Waals surface area (Å²) < 4.78 is 5.73. The maximum absolute atomic E-state index is 11.7. The molecule has 0 fully saturated rings. The summed E-state index contributed by atoms with van der Waals surface area (Å²) in [5.74, 6) is 0.0686. The van der Waals surface area contributed by atoms with Crippen LogP contribution in [-0.4, -0.2) is 11.8 Å². The second-order valence-corrected chi connectivity index (χ2v) is 3.96. The van der Waals surface area contributed by atoms with E-state index >= 15 is 0 Å². The second-order valence-electron chi connectivity index (χ2n) is 3.11. The molecule has 0 aromatic carbocycles. The number of hydrogen-bond acceptors (Lipinski definition) is 3. The Morgan fingerprint density at radius 1 is 1.62 bits per heavy atom. The van der Waals surface area contributed by atoms with Crippen molar-refractivity contribution in [3.8, 4) is 0 Å². The summed E-state index contributed by atoms with van der Waals surface area (Å²) >= 11 is 3.23. The maximum atomic E-state index is 11.7. The smallest absolute Gasteiger partial charge is 0.203 e. The molecule has 0 aliphatic carbocycles. The Bertz CT molecular complexity index is 306. The average molecular weight is 246 g/mol. The number of rotatable bonds is 3. The minimum atomic E-state index is -0.220. The quantitative estimate of drug-likeness (QED) is 0.832. The highest BCUT2D eigenvalue weighted by Gasteiger charge is 2.23. The number of halogens is 1. The van der Waals surface area contributed by atoms with E-state index in [1.54, 1.807) is 19.9 Å². The van der Waals surface area contributed by atoms with Crippen LogP contribution in [0.3, 0.4) is 0 Å². The summed E-state index contributed by atoms with van der Waals surface area (Å²) in [6, 6.07) is 1.53. The molecule has 1 heterocycles. The van der Waals surface area contributed by atoms with Crippen LogP contribution >= 0.6 is 15.9 Å². The molecule has 0 bridgehead atoms. The Morgan fingerprint density at radius 2 is 2.23 bits per heavy atom. The summed E-state index contributed by atoms with van der Waals surface area (Å²) in [5.41, 5.74) is 5.62. The minimum absolute atomic E-state index is 0.0631. The van der Waals surface area contributed by atoms with Gasteiger partial charge in [0.05, 0.1) is 10.7 Å². The van der Waals surface area contributed by atoms with Gasteiger partial charge >= 0.3 is 0 Å². The molecule has 13 heavy (non-hydrogen) atoms.